The van der Waals surface area contributed by atoms with Crippen LogP contribution in [0, 0.1) is 5.92 Å². The molecule has 1 saturated carbocycles. The number of nitrogens with one attached hydrogen (secondary N) is 2. The van der Waals surface area contributed by atoms with E-state index in [1.54, 1.807) is 12.7 Å². The van der Waals surface area contributed by atoms with Crippen molar-refractivity contribution in [3.63, 3.8) is 0 Å². The monoisotopic (exact) mass is 334 g/mol. The number of guanidine groups is 1. The summed E-state index contributed by atoms with van der Waals surface area (Å²) in [4.78, 5) is 4.71. The molecule has 1 aliphatic rings. The molecule has 0 radical (unpaired) electrons. The first kappa shape index (κ1) is 18.7. The predicted molar refractivity (Wildman–Crippen MR) is 99.0 cm³/mol. The normalized spacial score (nSPS) is 16.3. The summed E-state index contributed by atoms with van der Waals surface area (Å²) in [5.41, 5.74) is 0. The topological polar surface area (TPSA) is 67.1 Å². The van der Waals surface area contributed by atoms with Crippen LogP contribution in [0.25, 0.3) is 0 Å². The van der Waals surface area contributed by atoms with E-state index in [1.165, 1.54) is 44.9 Å². The van der Waals surface area contributed by atoms with Crippen LogP contribution in [0.5, 0.6) is 0 Å². The molecule has 0 aromatic carbocycles. The molecule has 2 rings (SSSR count). The van der Waals surface area contributed by atoms with Gasteiger partial charge in [-0.1, -0.05) is 32.1 Å². The zero-order valence-corrected chi connectivity index (χ0v) is 15.2. The highest BCUT2D eigenvalue weighted by atomic mass is 15.2. The second-order valence-electron chi connectivity index (χ2n) is 6.74. The average molecular weight is 335 g/mol. The summed E-state index contributed by atoms with van der Waals surface area (Å²) < 4.78 is 2.02. The molecular weight excluding hydrogens is 300 g/mol. The van der Waals surface area contributed by atoms with Crippen molar-refractivity contribution in [3.05, 3.63) is 12.7 Å². The first-order valence-corrected chi connectivity index (χ1v) is 9.73. The standard InChI is InChI=1S/C18H34N6/c1-2-19-18(20-12-6-7-14-24-15-22-23-16-24)21-13-8-11-17-9-4-3-5-10-17/h15-17H,2-14H2,1H3,(H2,19,20,21). The van der Waals surface area contributed by atoms with Crippen LogP contribution in [-0.4, -0.2) is 40.4 Å². The SMILES string of the molecule is CCNC(=NCCCC1CCCCC1)NCCCCn1cnnc1. The molecule has 0 bridgehead atoms. The summed E-state index contributed by atoms with van der Waals surface area (Å²) >= 11 is 0. The van der Waals surface area contributed by atoms with Crippen molar-refractivity contribution in [3.8, 4) is 0 Å². The fourth-order valence-corrected chi connectivity index (χ4v) is 3.35. The maximum Gasteiger partial charge on any atom is 0.191 e. The van der Waals surface area contributed by atoms with Crippen LogP contribution in [0.15, 0.2) is 17.6 Å². The number of rotatable bonds is 10. The van der Waals surface area contributed by atoms with Gasteiger partial charge in [-0.25, -0.2) is 0 Å². The first-order valence-electron chi connectivity index (χ1n) is 9.73. The van der Waals surface area contributed by atoms with Crippen LogP contribution in [0.2, 0.25) is 0 Å². The number of aromatic nitrogens is 3. The van der Waals surface area contributed by atoms with Gasteiger partial charge in [-0.15, -0.1) is 10.2 Å². The fourth-order valence-electron chi connectivity index (χ4n) is 3.35. The van der Waals surface area contributed by atoms with Crippen molar-refractivity contribution in [1.82, 2.24) is 25.4 Å². The van der Waals surface area contributed by atoms with Gasteiger partial charge >= 0.3 is 0 Å². The highest BCUT2D eigenvalue weighted by molar-refractivity contribution is 5.79. The molecule has 0 unspecified atom stereocenters. The Hall–Kier alpha value is -1.59. The Morgan fingerprint density at radius 2 is 1.88 bits per heavy atom. The van der Waals surface area contributed by atoms with E-state index in [1.807, 2.05) is 4.57 Å². The number of hydrogen-bond acceptors (Lipinski definition) is 3. The van der Waals surface area contributed by atoms with Crippen LogP contribution < -0.4 is 10.6 Å². The van der Waals surface area contributed by atoms with E-state index in [9.17, 15) is 0 Å². The van der Waals surface area contributed by atoms with Crippen LogP contribution in [0.1, 0.15) is 64.7 Å². The second-order valence-corrected chi connectivity index (χ2v) is 6.74. The molecule has 1 heterocycles. The lowest BCUT2D eigenvalue weighted by Crippen LogP contribution is -2.38. The van der Waals surface area contributed by atoms with Gasteiger partial charge in [0.15, 0.2) is 5.96 Å². The Bertz CT molecular complexity index is 436. The lowest BCUT2D eigenvalue weighted by Gasteiger charge is -2.20. The Labute approximate surface area is 146 Å². The summed E-state index contributed by atoms with van der Waals surface area (Å²) in [6, 6.07) is 0. The van der Waals surface area contributed by atoms with E-state index in [4.69, 9.17) is 4.99 Å². The lowest BCUT2D eigenvalue weighted by molar-refractivity contribution is 0.334. The molecule has 1 aromatic heterocycles. The zero-order valence-electron chi connectivity index (χ0n) is 15.2. The van der Waals surface area contributed by atoms with Crippen LogP contribution in [-0.2, 0) is 6.54 Å². The molecule has 1 aliphatic carbocycles. The number of nitrogens with zero attached hydrogens (tertiary/aromatic N) is 4. The van der Waals surface area contributed by atoms with Crippen molar-refractivity contribution < 1.29 is 0 Å². The number of hydrogen-bond donors (Lipinski definition) is 2. The largest absolute Gasteiger partial charge is 0.357 e. The smallest absolute Gasteiger partial charge is 0.191 e. The molecular formula is C18H34N6. The van der Waals surface area contributed by atoms with Gasteiger partial charge in [0.1, 0.15) is 12.7 Å². The third-order valence-electron chi connectivity index (χ3n) is 4.71. The van der Waals surface area contributed by atoms with Crippen molar-refractivity contribution in [2.24, 2.45) is 10.9 Å². The van der Waals surface area contributed by atoms with Crippen molar-refractivity contribution in [1.29, 1.82) is 0 Å². The van der Waals surface area contributed by atoms with Crippen LogP contribution in [0.3, 0.4) is 0 Å². The summed E-state index contributed by atoms with van der Waals surface area (Å²) in [5.74, 6) is 1.92. The average Bonchev–Trinajstić information content (AvgIpc) is 3.12. The number of aryl methyl sites for hydroxylation is 1. The van der Waals surface area contributed by atoms with Gasteiger partial charge in [0.2, 0.25) is 0 Å². The maximum absolute atomic E-state index is 4.71. The maximum atomic E-state index is 4.71. The van der Waals surface area contributed by atoms with E-state index in [-0.39, 0.29) is 0 Å². The quantitative estimate of drug-likeness (QED) is 0.392. The summed E-state index contributed by atoms with van der Waals surface area (Å²) in [7, 11) is 0. The molecule has 24 heavy (non-hydrogen) atoms. The number of aliphatic imine (C=N–C) groups is 1. The van der Waals surface area contributed by atoms with E-state index < -0.39 is 0 Å². The summed E-state index contributed by atoms with van der Waals surface area (Å²) in [6.07, 6.45) is 15.5. The number of unbranched alkanes of at least 4 members (excludes halogenated alkanes) is 1. The van der Waals surface area contributed by atoms with Gasteiger partial charge in [0, 0.05) is 26.2 Å². The minimum absolute atomic E-state index is 0.912. The summed E-state index contributed by atoms with van der Waals surface area (Å²) in [5, 5.41) is 14.4. The van der Waals surface area contributed by atoms with Crippen molar-refractivity contribution >= 4 is 5.96 Å². The first-order chi connectivity index (χ1) is 11.9. The Morgan fingerprint density at radius 1 is 1.08 bits per heavy atom. The Kier molecular flexibility index (Phi) is 9.27. The van der Waals surface area contributed by atoms with Gasteiger partial charge in [-0.05, 0) is 38.5 Å². The fraction of sp³-hybridized carbons (Fsp3) is 0.833. The van der Waals surface area contributed by atoms with Crippen LogP contribution in [0.4, 0.5) is 0 Å². The zero-order chi connectivity index (χ0) is 16.9. The predicted octanol–water partition coefficient (Wildman–Crippen LogP) is 2.97. The van der Waals surface area contributed by atoms with Gasteiger partial charge in [-0.3, -0.25) is 4.99 Å². The van der Waals surface area contributed by atoms with E-state index >= 15 is 0 Å². The molecule has 0 spiro atoms. The highest BCUT2D eigenvalue weighted by Gasteiger charge is 2.12. The van der Waals surface area contributed by atoms with Gasteiger partial charge in [0.05, 0.1) is 0 Å². The molecule has 136 valence electrons. The van der Waals surface area contributed by atoms with Gasteiger partial charge in [0.25, 0.3) is 0 Å². The van der Waals surface area contributed by atoms with Gasteiger partial charge < -0.3 is 15.2 Å². The van der Waals surface area contributed by atoms with E-state index in [0.717, 1.165) is 50.9 Å². The van der Waals surface area contributed by atoms with Crippen molar-refractivity contribution in [2.75, 3.05) is 19.6 Å². The molecule has 1 fully saturated rings. The van der Waals surface area contributed by atoms with Crippen LogP contribution >= 0.6 is 0 Å². The Morgan fingerprint density at radius 3 is 2.62 bits per heavy atom. The van der Waals surface area contributed by atoms with Gasteiger partial charge in [-0.2, -0.15) is 0 Å². The molecule has 0 amide bonds. The third-order valence-corrected chi connectivity index (χ3v) is 4.71. The van der Waals surface area contributed by atoms with Crippen molar-refractivity contribution in [2.45, 2.75) is 71.3 Å². The molecule has 6 nitrogen and oxygen atoms in total. The summed E-state index contributed by atoms with van der Waals surface area (Å²) in [6.45, 7) is 5.90. The highest BCUT2D eigenvalue weighted by Crippen LogP contribution is 2.27. The molecule has 2 N–H and O–H groups in total. The molecule has 0 saturated heterocycles. The molecule has 6 heteroatoms. The molecule has 1 aromatic rings. The third kappa shape index (κ3) is 7.79. The van der Waals surface area contributed by atoms with E-state index in [0.29, 0.717) is 0 Å². The minimum atomic E-state index is 0.912. The Balaban J connectivity index is 1.55. The minimum Gasteiger partial charge on any atom is -0.357 e. The second kappa shape index (κ2) is 11.9. The molecule has 0 atom stereocenters. The lowest BCUT2D eigenvalue weighted by atomic mass is 9.86. The molecule has 0 aliphatic heterocycles. The van der Waals surface area contributed by atoms with E-state index in [2.05, 4.69) is 27.8 Å².